The van der Waals surface area contributed by atoms with E-state index in [0.717, 1.165) is 28.7 Å². The van der Waals surface area contributed by atoms with Crippen LogP contribution in [0.15, 0.2) is 54.6 Å². The Morgan fingerprint density at radius 3 is 2.26 bits per heavy atom. The molecule has 1 fully saturated rings. The number of nitrogens with zero attached hydrogens (tertiary/aromatic N) is 2. The Bertz CT molecular complexity index is 1230. The molecule has 3 heteroatoms. The molecule has 0 aliphatic heterocycles. The normalized spacial score (nSPS) is 19.7. The van der Waals surface area contributed by atoms with Crippen LogP contribution in [0.3, 0.4) is 0 Å². The van der Waals surface area contributed by atoms with E-state index in [4.69, 9.17) is 4.98 Å². The van der Waals surface area contributed by atoms with Crippen molar-refractivity contribution in [3.63, 3.8) is 0 Å². The van der Waals surface area contributed by atoms with Crippen molar-refractivity contribution in [1.82, 2.24) is 9.55 Å². The van der Waals surface area contributed by atoms with Crippen molar-refractivity contribution in [2.45, 2.75) is 57.8 Å². The average Bonchev–Trinajstić information content (AvgIpc) is 2.90. The SMILES string of the molecule is Cc1cccc(C)c1-n1c(-c2[c-]cccc2)nc2cc3c(cc21)C1CCCC3CC1.[Ir]. The quantitative estimate of drug-likeness (QED) is 0.227. The smallest absolute Gasteiger partial charge is 0.0777 e. The first kappa shape index (κ1) is 20.7. The standard InChI is InChI=1S/C28H27N2.Ir/c1-18-8-6-9-19(2)27(18)30-26-17-24-21-13-7-12-20(14-15-21)23(24)16-25(26)29-28(30)22-10-4-3-5-11-22;/h3-6,8-10,16-17,20-21H,7,12-15H2,1-2H3;/q-1;. The van der Waals surface area contributed by atoms with Crippen molar-refractivity contribution in [1.29, 1.82) is 0 Å². The van der Waals surface area contributed by atoms with Gasteiger partial charge in [-0.1, -0.05) is 24.6 Å². The Morgan fingerprint density at radius 1 is 0.871 bits per heavy atom. The van der Waals surface area contributed by atoms with Crippen LogP contribution in [0.2, 0.25) is 0 Å². The van der Waals surface area contributed by atoms with Crippen LogP contribution in [-0.2, 0) is 20.1 Å². The molecule has 0 saturated heterocycles. The number of aromatic nitrogens is 2. The number of hydrogen-bond acceptors (Lipinski definition) is 1. The van der Waals surface area contributed by atoms with Gasteiger partial charge in [0.1, 0.15) is 0 Å². The second-order valence-electron chi connectivity index (χ2n) is 9.16. The average molecular weight is 584 g/mol. The molecule has 1 heterocycles. The first-order chi connectivity index (χ1) is 14.7. The number of hydrogen-bond donors (Lipinski definition) is 0. The fraction of sp³-hybridized carbons (Fsp3) is 0.321. The van der Waals surface area contributed by atoms with Gasteiger partial charge in [-0.05, 0) is 85.8 Å². The van der Waals surface area contributed by atoms with E-state index < -0.39 is 0 Å². The molecule has 31 heavy (non-hydrogen) atoms. The molecule has 2 atom stereocenters. The molecule has 2 unspecified atom stereocenters. The van der Waals surface area contributed by atoms with Gasteiger partial charge in [0.2, 0.25) is 0 Å². The molecule has 1 aromatic heterocycles. The summed E-state index contributed by atoms with van der Waals surface area (Å²) >= 11 is 0. The number of rotatable bonds is 2. The minimum absolute atomic E-state index is 0. The predicted molar refractivity (Wildman–Crippen MR) is 123 cm³/mol. The predicted octanol–water partition coefficient (Wildman–Crippen LogP) is 7.25. The number of benzene rings is 3. The van der Waals surface area contributed by atoms with Crippen molar-refractivity contribution >= 4 is 11.0 Å². The fourth-order valence-electron chi connectivity index (χ4n) is 5.88. The van der Waals surface area contributed by atoms with Gasteiger partial charge in [-0.25, -0.2) is 0 Å². The van der Waals surface area contributed by atoms with E-state index in [1.807, 2.05) is 12.1 Å². The molecule has 1 saturated carbocycles. The van der Waals surface area contributed by atoms with Crippen molar-refractivity contribution in [3.05, 3.63) is 82.9 Å². The zero-order valence-corrected chi connectivity index (χ0v) is 20.5. The molecule has 0 spiro atoms. The number of aryl methyl sites for hydroxylation is 2. The molecule has 7 rings (SSSR count). The van der Waals surface area contributed by atoms with E-state index in [2.05, 4.69) is 66.9 Å². The van der Waals surface area contributed by atoms with Gasteiger partial charge in [-0.3, -0.25) is 4.98 Å². The first-order valence-corrected chi connectivity index (χ1v) is 11.3. The Hall–Kier alpha value is -2.22. The summed E-state index contributed by atoms with van der Waals surface area (Å²) in [6.45, 7) is 4.41. The van der Waals surface area contributed by atoms with Crippen molar-refractivity contribution < 1.29 is 20.1 Å². The third kappa shape index (κ3) is 3.30. The molecule has 0 N–H and O–H groups in total. The third-order valence-corrected chi connectivity index (χ3v) is 7.32. The van der Waals surface area contributed by atoms with Crippen LogP contribution < -0.4 is 0 Å². The molecule has 3 aromatic carbocycles. The van der Waals surface area contributed by atoms with E-state index in [-0.39, 0.29) is 20.1 Å². The summed E-state index contributed by atoms with van der Waals surface area (Å²) in [4.78, 5) is 5.20. The van der Waals surface area contributed by atoms with Gasteiger partial charge in [0.05, 0.1) is 16.9 Å². The van der Waals surface area contributed by atoms with E-state index in [9.17, 15) is 0 Å². The van der Waals surface area contributed by atoms with Gasteiger partial charge in [0.15, 0.2) is 0 Å². The van der Waals surface area contributed by atoms with Crippen molar-refractivity contribution in [2.75, 3.05) is 0 Å². The van der Waals surface area contributed by atoms with Crippen LogP contribution in [0, 0.1) is 19.9 Å². The van der Waals surface area contributed by atoms with Crippen molar-refractivity contribution in [2.24, 2.45) is 0 Å². The van der Waals surface area contributed by atoms with Crippen LogP contribution in [0.1, 0.15) is 66.2 Å². The van der Waals surface area contributed by atoms with E-state index in [0.29, 0.717) is 0 Å². The monoisotopic (exact) mass is 584 g/mol. The fourth-order valence-corrected chi connectivity index (χ4v) is 5.88. The molecular formula is C28H27IrN2-. The summed E-state index contributed by atoms with van der Waals surface area (Å²) in [5.41, 5.74) is 10.4. The summed E-state index contributed by atoms with van der Waals surface area (Å²) in [5.74, 6) is 2.44. The first-order valence-electron chi connectivity index (χ1n) is 11.3. The van der Waals surface area contributed by atoms with Crippen LogP contribution >= 0.6 is 0 Å². The van der Waals surface area contributed by atoms with Crippen LogP contribution in [0.4, 0.5) is 0 Å². The van der Waals surface area contributed by atoms with Gasteiger partial charge in [-0.15, -0.1) is 35.9 Å². The molecule has 1 radical (unpaired) electrons. The van der Waals surface area contributed by atoms with Gasteiger partial charge in [-0.2, -0.15) is 0 Å². The molecular weight excluding hydrogens is 557 g/mol. The molecule has 2 nitrogen and oxygen atoms in total. The minimum Gasteiger partial charge on any atom is -0.333 e. The minimum atomic E-state index is 0. The maximum Gasteiger partial charge on any atom is 0.0777 e. The number of fused-ring (bicyclic) bond motifs is 4. The zero-order valence-electron chi connectivity index (χ0n) is 18.1. The summed E-state index contributed by atoms with van der Waals surface area (Å²) < 4.78 is 2.39. The van der Waals surface area contributed by atoms with Gasteiger partial charge in [0, 0.05) is 25.8 Å². The third-order valence-electron chi connectivity index (χ3n) is 7.32. The van der Waals surface area contributed by atoms with E-state index in [1.54, 1.807) is 11.1 Å². The second kappa shape index (κ2) is 8.04. The summed E-state index contributed by atoms with van der Waals surface area (Å²) in [7, 11) is 0. The van der Waals surface area contributed by atoms with Gasteiger partial charge >= 0.3 is 0 Å². The van der Waals surface area contributed by atoms with Crippen LogP contribution in [-0.4, -0.2) is 9.55 Å². The van der Waals surface area contributed by atoms with Gasteiger partial charge < -0.3 is 4.57 Å². The Kier molecular flexibility index (Phi) is 5.36. The number of imidazole rings is 1. The van der Waals surface area contributed by atoms with E-state index >= 15 is 0 Å². The van der Waals surface area contributed by atoms with Crippen LogP contribution in [0.25, 0.3) is 28.1 Å². The molecule has 159 valence electrons. The Balaban J connectivity index is 0.00000204. The number of para-hydroxylation sites is 1. The summed E-state index contributed by atoms with van der Waals surface area (Å²) in [6.07, 6.45) is 6.74. The topological polar surface area (TPSA) is 17.8 Å². The molecule has 4 aromatic rings. The maximum atomic E-state index is 5.20. The second-order valence-corrected chi connectivity index (χ2v) is 9.16. The Labute approximate surface area is 198 Å². The Morgan fingerprint density at radius 2 is 1.58 bits per heavy atom. The summed E-state index contributed by atoms with van der Waals surface area (Å²) in [6, 6.07) is 23.1. The largest absolute Gasteiger partial charge is 0.333 e. The molecule has 3 aliphatic rings. The van der Waals surface area contributed by atoms with Gasteiger partial charge in [0.25, 0.3) is 0 Å². The van der Waals surface area contributed by atoms with Crippen LogP contribution in [0.5, 0.6) is 0 Å². The van der Waals surface area contributed by atoms with Crippen molar-refractivity contribution in [3.8, 4) is 17.1 Å². The maximum absolute atomic E-state index is 5.20. The molecule has 3 aliphatic carbocycles. The molecule has 2 bridgehead atoms. The zero-order chi connectivity index (χ0) is 20.2. The summed E-state index contributed by atoms with van der Waals surface area (Å²) in [5, 5.41) is 0. The van der Waals surface area contributed by atoms with E-state index in [1.165, 1.54) is 54.4 Å². The molecule has 0 amide bonds.